The minimum atomic E-state index is -0.358. The van der Waals surface area contributed by atoms with Gasteiger partial charge in [0.15, 0.2) is 0 Å². The van der Waals surface area contributed by atoms with Gasteiger partial charge in [-0.05, 0) is 24.7 Å². The minimum absolute atomic E-state index is 0.129. The molecular weight excluding hydrogens is 278 g/mol. The smallest absolute Gasteiger partial charge is 0.287 e. The van der Waals surface area contributed by atoms with Gasteiger partial charge in [0.25, 0.3) is 5.56 Å². The third kappa shape index (κ3) is 3.73. The molecule has 0 saturated heterocycles. The van der Waals surface area contributed by atoms with Gasteiger partial charge in [-0.15, -0.1) is 0 Å². The lowest BCUT2D eigenvalue weighted by Gasteiger charge is -2.26. The summed E-state index contributed by atoms with van der Waals surface area (Å²) in [6, 6.07) is 0. The summed E-state index contributed by atoms with van der Waals surface area (Å²) in [5, 5.41) is 16.2. The van der Waals surface area contributed by atoms with Crippen molar-refractivity contribution < 1.29 is 5.11 Å². The van der Waals surface area contributed by atoms with Crippen LogP contribution in [0, 0.1) is 11.8 Å². The molecule has 0 aromatic carbocycles. The highest BCUT2D eigenvalue weighted by atomic mass is 35.5. The number of aliphatic hydroxyl groups excluding tert-OH is 1. The molecule has 6 heteroatoms. The zero-order valence-corrected chi connectivity index (χ0v) is 12.6. The van der Waals surface area contributed by atoms with Crippen LogP contribution in [-0.4, -0.2) is 28.0 Å². The van der Waals surface area contributed by atoms with Crippen molar-refractivity contribution in [3.63, 3.8) is 0 Å². The molecule has 2 N–H and O–H groups in total. The second-order valence-electron chi connectivity index (χ2n) is 5.63. The molecule has 0 spiro atoms. The second-order valence-corrected chi connectivity index (χ2v) is 6.01. The summed E-state index contributed by atoms with van der Waals surface area (Å²) in [5.41, 5.74) is 0.229. The fraction of sp³-hybridized carbons (Fsp3) is 0.714. The average Bonchev–Trinajstić information content (AvgIpc) is 2.45. The fourth-order valence-electron chi connectivity index (χ4n) is 2.63. The topological polar surface area (TPSA) is 67.2 Å². The first-order valence-corrected chi connectivity index (χ1v) is 7.60. The number of hydrogen-bond donors (Lipinski definition) is 2. The molecular formula is C14H22ClN3O2. The van der Waals surface area contributed by atoms with E-state index in [0.717, 1.165) is 12.5 Å². The van der Waals surface area contributed by atoms with E-state index in [9.17, 15) is 4.79 Å². The van der Waals surface area contributed by atoms with Crippen molar-refractivity contribution in [3.05, 3.63) is 21.6 Å². The number of anilines is 1. The molecule has 1 aromatic heterocycles. The number of nitrogens with one attached hydrogen (secondary N) is 1. The van der Waals surface area contributed by atoms with Gasteiger partial charge < -0.3 is 10.4 Å². The maximum absolute atomic E-state index is 11.9. The van der Waals surface area contributed by atoms with E-state index in [2.05, 4.69) is 17.3 Å². The number of halogens is 1. The molecule has 112 valence electrons. The molecule has 0 unspecified atom stereocenters. The molecule has 1 aliphatic rings. The van der Waals surface area contributed by atoms with Crippen molar-refractivity contribution in [3.8, 4) is 0 Å². The highest BCUT2D eigenvalue weighted by molar-refractivity contribution is 6.32. The molecule has 1 saturated carbocycles. The predicted molar refractivity (Wildman–Crippen MR) is 80.2 cm³/mol. The number of aromatic nitrogens is 2. The summed E-state index contributed by atoms with van der Waals surface area (Å²) < 4.78 is 1.18. The lowest BCUT2D eigenvalue weighted by molar-refractivity contribution is 0.266. The largest absolute Gasteiger partial charge is 0.394 e. The Labute approximate surface area is 124 Å². The van der Waals surface area contributed by atoms with Crippen molar-refractivity contribution in [1.29, 1.82) is 0 Å². The first-order chi connectivity index (χ1) is 9.61. The molecule has 0 aliphatic heterocycles. The van der Waals surface area contributed by atoms with Crippen LogP contribution >= 0.6 is 11.6 Å². The summed E-state index contributed by atoms with van der Waals surface area (Å²) in [6.07, 6.45) is 6.55. The summed E-state index contributed by atoms with van der Waals surface area (Å²) in [5.74, 6) is 1.47. The van der Waals surface area contributed by atoms with Crippen LogP contribution in [0.4, 0.5) is 5.69 Å². The monoisotopic (exact) mass is 299 g/mol. The van der Waals surface area contributed by atoms with Crippen LogP contribution in [0.2, 0.25) is 5.02 Å². The number of rotatable bonds is 5. The molecule has 1 aromatic rings. The lowest BCUT2D eigenvalue weighted by Crippen LogP contribution is -2.27. The van der Waals surface area contributed by atoms with E-state index in [-0.39, 0.29) is 23.7 Å². The van der Waals surface area contributed by atoms with Crippen molar-refractivity contribution in [2.24, 2.45) is 11.8 Å². The van der Waals surface area contributed by atoms with Crippen LogP contribution in [0.25, 0.3) is 0 Å². The van der Waals surface area contributed by atoms with Gasteiger partial charge in [-0.2, -0.15) is 5.10 Å². The summed E-state index contributed by atoms with van der Waals surface area (Å²) in [4.78, 5) is 11.9. The van der Waals surface area contributed by atoms with Gasteiger partial charge in [-0.1, -0.05) is 31.4 Å². The third-order valence-electron chi connectivity index (χ3n) is 4.01. The maximum atomic E-state index is 11.9. The molecule has 2 rings (SSSR count). The Bertz CT molecular complexity index is 496. The normalized spacial score (nSPS) is 22.8. The van der Waals surface area contributed by atoms with Crippen LogP contribution in [0.15, 0.2) is 11.0 Å². The SMILES string of the molecule is CC1CCC(CNc2cnn(CCO)c(=O)c2Cl)CC1. The number of nitrogens with zero attached hydrogens (tertiary/aromatic N) is 2. The predicted octanol–water partition coefficient (Wildman–Crippen LogP) is 2.13. The fourth-order valence-corrected chi connectivity index (χ4v) is 2.84. The molecule has 1 fully saturated rings. The molecule has 0 atom stereocenters. The van der Waals surface area contributed by atoms with Crippen LogP contribution in [0.1, 0.15) is 32.6 Å². The maximum Gasteiger partial charge on any atom is 0.287 e. The van der Waals surface area contributed by atoms with E-state index in [1.54, 1.807) is 6.20 Å². The second kappa shape index (κ2) is 7.09. The van der Waals surface area contributed by atoms with E-state index in [1.807, 2.05) is 0 Å². The van der Waals surface area contributed by atoms with Gasteiger partial charge in [0.2, 0.25) is 0 Å². The highest BCUT2D eigenvalue weighted by Crippen LogP contribution is 2.28. The first kappa shape index (κ1) is 15.3. The van der Waals surface area contributed by atoms with Gasteiger partial charge in [-0.3, -0.25) is 4.79 Å². The van der Waals surface area contributed by atoms with Gasteiger partial charge >= 0.3 is 0 Å². The molecule has 20 heavy (non-hydrogen) atoms. The van der Waals surface area contributed by atoms with E-state index in [0.29, 0.717) is 11.6 Å². The van der Waals surface area contributed by atoms with E-state index in [4.69, 9.17) is 16.7 Å². The number of hydrogen-bond acceptors (Lipinski definition) is 4. The molecule has 1 aliphatic carbocycles. The summed E-state index contributed by atoms with van der Waals surface area (Å²) in [6.45, 7) is 3.17. The van der Waals surface area contributed by atoms with Crippen molar-refractivity contribution in [2.75, 3.05) is 18.5 Å². The van der Waals surface area contributed by atoms with Crippen LogP contribution in [-0.2, 0) is 6.54 Å². The lowest BCUT2D eigenvalue weighted by atomic mass is 9.83. The van der Waals surface area contributed by atoms with E-state index >= 15 is 0 Å². The van der Waals surface area contributed by atoms with Gasteiger partial charge in [-0.25, -0.2) is 4.68 Å². The Morgan fingerprint density at radius 2 is 2.15 bits per heavy atom. The Hall–Kier alpha value is -1.07. The standard InChI is InChI=1S/C14H22ClN3O2/c1-10-2-4-11(5-3-10)8-16-12-9-17-18(6-7-19)14(20)13(12)15/h9-11,16,19H,2-8H2,1H3. The van der Waals surface area contributed by atoms with Crippen molar-refractivity contribution >= 4 is 17.3 Å². The van der Waals surface area contributed by atoms with Crippen molar-refractivity contribution in [2.45, 2.75) is 39.2 Å². The van der Waals surface area contributed by atoms with Crippen LogP contribution < -0.4 is 10.9 Å². The zero-order valence-electron chi connectivity index (χ0n) is 11.8. The Morgan fingerprint density at radius 3 is 2.80 bits per heavy atom. The van der Waals surface area contributed by atoms with Gasteiger partial charge in [0.1, 0.15) is 5.02 Å². The Morgan fingerprint density at radius 1 is 1.45 bits per heavy atom. The minimum Gasteiger partial charge on any atom is -0.394 e. The summed E-state index contributed by atoms with van der Waals surface area (Å²) >= 11 is 6.06. The quantitative estimate of drug-likeness (QED) is 0.874. The van der Waals surface area contributed by atoms with Crippen molar-refractivity contribution in [1.82, 2.24) is 9.78 Å². The molecule has 5 nitrogen and oxygen atoms in total. The number of aliphatic hydroxyl groups is 1. The third-order valence-corrected chi connectivity index (χ3v) is 4.38. The molecule has 0 amide bonds. The van der Waals surface area contributed by atoms with Gasteiger partial charge in [0.05, 0.1) is 25.0 Å². The van der Waals surface area contributed by atoms with Crippen LogP contribution in [0.5, 0.6) is 0 Å². The molecule has 1 heterocycles. The average molecular weight is 300 g/mol. The Balaban J connectivity index is 1.96. The van der Waals surface area contributed by atoms with E-state index in [1.165, 1.54) is 30.4 Å². The molecule has 0 bridgehead atoms. The first-order valence-electron chi connectivity index (χ1n) is 7.22. The molecule has 0 radical (unpaired) electrons. The highest BCUT2D eigenvalue weighted by Gasteiger charge is 2.18. The summed E-state index contributed by atoms with van der Waals surface area (Å²) in [7, 11) is 0. The van der Waals surface area contributed by atoms with Gasteiger partial charge in [0, 0.05) is 6.54 Å². The zero-order chi connectivity index (χ0) is 14.5. The van der Waals surface area contributed by atoms with E-state index < -0.39 is 0 Å². The van der Waals surface area contributed by atoms with Crippen LogP contribution in [0.3, 0.4) is 0 Å². The Kier molecular flexibility index (Phi) is 5.43.